The van der Waals surface area contributed by atoms with Gasteiger partial charge in [-0.1, -0.05) is 25.5 Å². The van der Waals surface area contributed by atoms with Crippen LogP contribution in [0, 0.1) is 17.8 Å². The Bertz CT molecular complexity index is 246. The maximum absolute atomic E-state index is 4.14. The molecular formula is C15H27N. The van der Waals surface area contributed by atoms with Gasteiger partial charge in [0, 0.05) is 6.04 Å². The van der Waals surface area contributed by atoms with Crippen molar-refractivity contribution < 1.29 is 0 Å². The van der Waals surface area contributed by atoms with Crippen molar-refractivity contribution in [2.45, 2.75) is 57.9 Å². The highest BCUT2D eigenvalue weighted by Crippen LogP contribution is 2.50. The lowest BCUT2D eigenvalue weighted by atomic mass is 9.83. The SMILES string of the molecule is C=C(CC)CC(CC1CC2CCC1C2)NC. The van der Waals surface area contributed by atoms with Crippen molar-refractivity contribution in [3.8, 4) is 0 Å². The Labute approximate surface area is 101 Å². The van der Waals surface area contributed by atoms with Crippen molar-refractivity contribution in [3.63, 3.8) is 0 Å². The van der Waals surface area contributed by atoms with E-state index in [0.29, 0.717) is 6.04 Å². The molecule has 2 rings (SSSR count). The van der Waals surface area contributed by atoms with E-state index in [2.05, 4.69) is 25.9 Å². The number of nitrogens with one attached hydrogen (secondary N) is 1. The fourth-order valence-corrected chi connectivity index (χ4v) is 3.83. The van der Waals surface area contributed by atoms with E-state index in [1.807, 2.05) is 0 Å². The molecule has 0 aromatic rings. The molecule has 2 aliphatic rings. The molecule has 0 aromatic heterocycles. The molecule has 0 saturated heterocycles. The molecule has 0 aromatic carbocycles. The van der Waals surface area contributed by atoms with Gasteiger partial charge < -0.3 is 5.32 Å². The molecule has 2 bridgehead atoms. The van der Waals surface area contributed by atoms with E-state index < -0.39 is 0 Å². The van der Waals surface area contributed by atoms with E-state index in [1.54, 1.807) is 0 Å². The maximum Gasteiger partial charge on any atom is 0.0104 e. The molecule has 2 aliphatic carbocycles. The molecule has 2 saturated carbocycles. The van der Waals surface area contributed by atoms with Crippen molar-refractivity contribution in [1.82, 2.24) is 5.32 Å². The Morgan fingerprint density at radius 1 is 1.38 bits per heavy atom. The number of hydrogen-bond acceptors (Lipinski definition) is 1. The van der Waals surface area contributed by atoms with E-state index in [-0.39, 0.29) is 0 Å². The third-order valence-corrected chi connectivity index (χ3v) is 4.92. The van der Waals surface area contributed by atoms with Crippen molar-refractivity contribution in [2.24, 2.45) is 17.8 Å². The highest BCUT2D eigenvalue weighted by molar-refractivity contribution is 4.98. The number of fused-ring (bicyclic) bond motifs is 2. The first kappa shape index (κ1) is 12.2. The van der Waals surface area contributed by atoms with Gasteiger partial charge in [-0.25, -0.2) is 0 Å². The molecule has 2 fully saturated rings. The van der Waals surface area contributed by atoms with Crippen LogP contribution in [0.25, 0.3) is 0 Å². The first-order valence-electron chi connectivity index (χ1n) is 7.06. The molecule has 0 amide bonds. The fraction of sp³-hybridized carbons (Fsp3) is 0.867. The van der Waals surface area contributed by atoms with Crippen LogP contribution in [0.5, 0.6) is 0 Å². The van der Waals surface area contributed by atoms with Gasteiger partial charge in [-0.2, -0.15) is 0 Å². The van der Waals surface area contributed by atoms with Gasteiger partial charge in [0.05, 0.1) is 0 Å². The first-order chi connectivity index (χ1) is 7.72. The molecule has 1 heteroatoms. The highest BCUT2D eigenvalue weighted by atomic mass is 14.9. The van der Waals surface area contributed by atoms with Gasteiger partial charge in [0.15, 0.2) is 0 Å². The van der Waals surface area contributed by atoms with Crippen LogP contribution in [0.2, 0.25) is 0 Å². The summed E-state index contributed by atoms with van der Waals surface area (Å²) in [7, 11) is 2.11. The van der Waals surface area contributed by atoms with Crippen LogP contribution in [0.3, 0.4) is 0 Å². The summed E-state index contributed by atoms with van der Waals surface area (Å²) in [5.74, 6) is 3.17. The van der Waals surface area contributed by atoms with E-state index in [1.165, 1.54) is 44.1 Å². The Hall–Kier alpha value is -0.300. The topological polar surface area (TPSA) is 12.0 Å². The van der Waals surface area contributed by atoms with Crippen molar-refractivity contribution >= 4 is 0 Å². The zero-order valence-corrected chi connectivity index (χ0v) is 11.0. The predicted molar refractivity (Wildman–Crippen MR) is 70.5 cm³/mol. The summed E-state index contributed by atoms with van der Waals surface area (Å²) in [5, 5.41) is 3.49. The van der Waals surface area contributed by atoms with Gasteiger partial charge >= 0.3 is 0 Å². The van der Waals surface area contributed by atoms with Crippen LogP contribution in [0.15, 0.2) is 12.2 Å². The average Bonchev–Trinajstić information content (AvgIpc) is 2.89. The summed E-state index contributed by atoms with van der Waals surface area (Å²) >= 11 is 0. The van der Waals surface area contributed by atoms with Crippen LogP contribution in [-0.2, 0) is 0 Å². The third-order valence-electron chi connectivity index (χ3n) is 4.92. The summed E-state index contributed by atoms with van der Waals surface area (Å²) in [6, 6.07) is 0.678. The Balaban J connectivity index is 1.80. The lowest BCUT2D eigenvalue weighted by Crippen LogP contribution is -2.29. The molecular weight excluding hydrogens is 194 g/mol. The summed E-state index contributed by atoms with van der Waals surface area (Å²) in [6.45, 7) is 6.36. The molecule has 4 unspecified atom stereocenters. The minimum atomic E-state index is 0.678. The summed E-state index contributed by atoms with van der Waals surface area (Å²) in [5.41, 5.74) is 1.41. The second-order valence-electron chi connectivity index (χ2n) is 5.96. The summed E-state index contributed by atoms with van der Waals surface area (Å²) in [4.78, 5) is 0. The second kappa shape index (κ2) is 5.35. The van der Waals surface area contributed by atoms with Crippen LogP contribution >= 0.6 is 0 Å². The molecule has 0 aliphatic heterocycles. The minimum Gasteiger partial charge on any atom is -0.317 e. The highest BCUT2D eigenvalue weighted by Gasteiger charge is 2.39. The molecule has 1 N–H and O–H groups in total. The van der Waals surface area contributed by atoms with E-state index >= 15 is 0 Å². The zero-order chi connectivity index (χ0) is 11.5. The van der Waals surface area contributed by atoms with E-state index in [0.717, 1.165) is 24.2 Å². The van der Waals surface area contributed by atoms with Gasteiger partial charge in [0.25, 0.3) is 0 Å². The summed E-state index contributed by atoms with van der Waals surface area (Å²) < 4.78 is 0. The smallest absolute Gasteiger partial charge is 0.0104 e. The lowest BCUT2D eigenvalue weighted by molar-refractivity contribution is 0.281. The molecule has 4 atom stereocenters. The quantitative estimate of drug-likeness (QED) is 0.673. The Morgan fingerprint density at radius 3 is 2.69 bits per heavy atom. The van der Waals surface area contributed by atoms with Gasteiger partial charge in [0.2, 0.25) is 0 Å². The largest absolute Gasteiger partial charge is 0.317 e. The number of rotatable bonds is 6. The van der Waals surface area contributed by atoms with Gasteiger partial charge in [-0.05, 0) is 63.3 Å². The second-order valence-corrected chi connectivity index (χ2v) is 5.96. The molecule has 0 heterocycles. The van der Waals surface area contributed by atoms with Gasteiger partial charge in [0.1, 0.15) is 0 Å². The molecule has 0 spiro atoms. The molecule has 16 heavy (non-hydrogen) atoms. The van der Waals surface area contributed by atoms with Crippen LogP contribution < -0.4 is 5.32 Å². The Morgan fingerprint density at radius 2 is 2.19 bits per heavy atom. The predicted octanol–water partition coefficient (Wildman–Crippen LogP) is 3.76. The van der Waals surface area contributed by atoms with Crippen LogP contribution in [0.4, 0.5) is 0 Å². The van der Waals surface area contributed by atoms with Crippen molar-refractivity contribution in [3.05, 3.63) is 12.2 Å². The monoisotopic (exact) mass is 221 g/mol. The van der Waals surface area contributed by atoms with Gasteiger partial charge in [-0.3, -0.25) is 0 Å². The molecule has 1 nitrogen and oxygen atoms in total. The maximum atomic E-state index is 4.14. The standard InChI is InChI=1S/C15H27N/c1-4-11(2)7-15(16-3)10-14-9-12-5-6-13(14)8-12/h12-16H,2,4-10H2,1,3H3. The third kappa shape index (κ3) is 2.68. The lowest BCUT2D eigenvalue weighted by Gasteiger charge is -2.27. The average molecular weight is 221 g/mol. The molecule has 0 radical (unpaired) electrons. The van der Waals surface area contributed by atoms with Crippen molar-refractivity contribution in [1.29, 1.82) is 0 Å². The first-order valence-corrected chi connectivity index (χ1v) is 7.06. The zero-order valence-electron chi connectivity index (χ0n) is 11.0. The van der Waals surface area contributed by atoms with Crippen LogP contribution in [-0.4, -0.2) is 13.1 Å². The van der Waals surface area contributed by atoms with Gasteiger partial charge in [-0.15, -0.1) is 0 Å². The minimum absolute atomic E-state index is 0.678. The van der Waals surface area contributed by atoms with E-state index in [9.17, 15) is 0 Å². The van der Waals surface area contributed by atoms with Crippen LogP contribution in [0.1, 0.15) is 51.9 Å². The Kier molecular flexibility index (Phi) is 4.07. The fourth-order valence-electron chi connectivity index (χ4n) is 3.83. The number of hydrogen-bond donors (Lipinski definition) is 1. The normalized spacial score (nSPS) is 34.2. The summed E-state index contributed by atoms with van der Waals surface area (Å²) in [6.07, 6.45) is 9.79. The molecule has 92 valence electrons. The van der Waals surface area contributed by atoms with Crippen molar-refractivity contribution in [2.75, 3.05) is 7.05 Å². The van der Waals surface area contributed by atoms with E-state index in [4.69, 9.17) is 0 Å².